The maximum atomic E-state index is 11.6. The standard InChI is InChI=1S/C21H48N10O3/c22-4-10-28-19(32)1-7-25-13-16-31(17-14-26-8-2-20(33)29-11-5-23)18-15-27-9-3-21(34)30-12-6-24/h25-27H,1-18,22-24H2,(H,28,32)(H,29,33)(H,30,34). The second kappa shape index (κ2) is 24.3. The Labute approximate surface area is 204 Å². The molecule has 0 unspecified atom stereocenters. The van der Waals surface area contributed by atoms with Gasteiger partial charge in [0.05, 0.1) is 0 Å². The zero-order valence-electron chi connectivity index (χ0n) is 20.6. The van der Waals surface area contributed by atoms with E-state index in [2.05, 4.69) is 36.8 Å². The number of carbonyl (C=O) groups is 3. The Morgan fingerprint density at radius 1 is 0.471 bits per heavy atom. The van der Waals surface area contributed by atoms with Gasteiger partial charge < -0.3 is 49.1 Å². The summed E-state index contributed by atoms with van der Waals surface area (Å²) in [6.45, 7) is 9.36. The summed E-state index contributed by atoms with van der Waals surface area (Å²) in [5, 5.41) is 18.1. The smallest absolute Gasteiger partial charge is 0.221 e. The van der Waals surface area contributed by atoms with Gasteiger partial charge in [-0.3, -0.25) is 19.3 Å². The summed E-state index contributed by atoms with van der Waals surface area (Å²) in [7, 11) is 0. The zero-order valence-corrected chi connectivity index (χ0v) is 20.6. The van der Waals surface area contributed by atoms with Crippen molar-refractivity contribution < 1.29 is 14.4 Å². The van der Waals surface area contributed by atoms with Crippen molar-refractivity contribution in [2.75, 3.05) is 98.2 Å². The molecule has 3 amide bonds. The zero-order chi connectivity index (χ0) is 25.3. The van der Waals surface area contributed by atoms with Gasteiger partial charge in [0.25, 0.3) is 0 Å². The molecule has 13 nitrogen and oxygen atoms in total. The monoisotopic (exact) mass is 488 g/mol. The van der Waals surface area contributed by atoms with Gasteiger partial charge >= 0.3 is 0 Å². The van der Waals surface area contributed by atoms with Crippen molar-refractivity contribution in [1.29, 1.82) is 0 Å². The molecule has 13 heteroatoms. The van der Waals surface area contributed by atoms with Gasteiger partial charge in [-0.15, -0.1) is 0 Å². The molecule has 12 N–H and O–H groups in total. The number of nitrogens with one attached hydrogen (secondary N) is 6. The fraction of sp³-hybridized carbons (Fsp3) is 0.857. The van der Waals surface area contributed by atoms with Crippen LogP contribution in [0.15, 0.2) is 0 Å². The van der Waals surface area contributed by atoms with E-state index >= 15 is 0 Å². The molecule has 200 valence electrons. The first-order chi connectivity index (χ1) is 16.5. The minimum Gasteiger partial charge on any atom is -0.355 e. The third-order valence-electron chi connectivity index (χ3n) is 4.80. The number of nitrogens with zero attached hydrogens (tertiary/aromatic N) is 1. The Bertz CT molecular complexity index is 454. The minimum absolute atomic E-state index is 0.00537. The molecule has 0 saturated heterocycles. The van der Waals surface area contributed by atoms with Crippen LogP contribution in [-0.2, 0) is 14.4 Å². The van der Waals surface area contributed by atoms with Crippen LogP contribution in [0.3, 0.4) is 0 Å². The van der Waals surface area contributed by atoms with Gasteiger partial charge in [-0.25, -0.2) is 0 Å². The average Bonchev–Trinajstić information content (AvgIpc) is 2.83. The number of rotatable bonds is 24. The van der Waals surface area contributed by atoms with E-state index in [-0.39, 0.29) is 17.7 Å². The lowest BCUT2D eigenvalue weighted by Gasteiger charge is -2.23. The van der Waals surface area contributed by atoms with Gasteiger partial charge in [-0.2, -0.15) is 0 Å². The highest BCUT2D eigenvalue weighted by atomic mass is 16.2. The van der Waals surface area contributed by atoms with Crippen LogP contribution in [0.4, 0.5) is 0 Å². The lowest BCUT2D eigenvalue weighted by molar-refractivity contribution is -0.121. The summed E-state index contributed by atoms with van der Waals surface area (Å²) in [4.78, 5) is 37.1. The van der Waals surface area contributed by atoms with Crippen LogP contribution < -0.4 is 49.1 Å². The lowest BCUT2D eigenvalue weighted by atomic mass is 10.3. The molecule has 0 aromatic heterocycles. The van der Waals surface area contributed by atoms with E-state index in [9.17, 15) is 14.4 Å². The molecule has 0 aliphatic heterocycles. The largest absolute Gasteiger partial charge is 0.355 e. The fourth-order valence-corrected chi connectivity index (χ4v) is 2.93. The van der Waals surface area contributed by atoms with Gasteiger partial charge in [0.15, 0.2) is 0 Å². The Morgan fingerprint density at radius 3 is 1.03 bits per heavy atom. The molecule has 0 fully saturated rings. The number of amides is 3. The number of carbonyl (C=O) groups excluding carboxylic acids is 3. The first-order valence-corrected chi connectivity index (χ1v) is 12.3. The topological polar surface area (TPSA) is 205 Å². The summed E-state index contributed by atoms with van der Waals surface area (Å²) in [6.07, 6.45) is 1.25. The van der Waals surface area contributed by atoms with E-state index < -0.39 is 0 Å². The highest BCUT2D eigenvalue weighted by Gasteiger charge is 2.06. The molecular formula is C21H48N10O3. The highest BCUT2D eigenvalue weighted by Crippen LogP contribution is 1.88. The minimum atomic E-state index is -0.00537. The number of nitrogens with two attached hydrogens (primary N) is 3. The molecule has 0 spiro atoms. The van der Waals surface area contributed by atoms with Gasteiger partial charge in [0, 0.05) is 117 Å². The number of hydrogen-bond donors (Lipinski definition) is 9. The van der Waals surface area contributed by atoms with Gasteiger partial charge in [0.1, 0.15) is 0 Å². The fourth-order valence-electron chi connectivity index (χ4n) is 2.93. The number of hydrogen-bond acceptors (Lipinski definition) is 10. The molecule has 0 aromatic carbocycles. The predicted molar refractivity (Wildman–Crippen MR) is 135 cm³/mol. The van der Waals surface area contributed by atoms with Crippen LogP contribution in [-0.4, -0.2) is 121 Å². The molecule has 0 rings (SSSR count). The van der Waals surface area contributed by atoms with Crippen LogP contribution >= 0.6 is 0 Å². The first-order valence-electron chi connectivity index (χ1n) is 12.3. The van der Waals surface area contributed by atoms with E-state index in [1.54, 1.807) is 0 Å². The Hall–Kier alpha value is -1.87. The van der Waals surface area contributed by atoms with Crippen molar-refractivity contribution in [3.63, 3.8) is 0 Å². The predicted octanol–water partition coefficient (Wildman–Crippen LogP) is -4.55. The Kier molecular flexibility index (Phi) is 22.9. The van der Waals surface area contributed by atoms with Gasteiger partial charge in [0.2, 0.25) is 17.7 Å². The van der Waals surface area contributed by atoms with E-state index in [0.29, 0.717) is 78.2 Å². The summed E-state index contributed by atoms with van der Waals surface area (Å²) in [6, 6.07) is 0. The SMILES string of the molecule is NCCNC(=O)CCNCCN(CCNCCC(=O)NCCN)CCNCCC(=O)NCCN. The first kappa shape index (κ1) is 32.1. The van der Waals surface area contributed by atoms with Crippen LogP contribution in [0.25, 0.3) is 0 Å². The third-order valence-corrected chi connectivity index (χ3v) is 4.80. The maximum absolute atomic E-state index is 11.6. The van der Waals surface area contributed by atoms with Crippen molar-refractivity contribution in [3.8, 4) is 0 Å². The van der Waals surface area contributed by atoms with Crippen LogP contribution in [0, 0.1) is 0 Å². The van der Waals surface area contributed by atoms with Crippen molar-refractivity contribution in [2.45, 2.75) is 19.3 Å². The summed E-state index contributed by atoms with van der Waals surface area (Å²) in [5.41, 5.74) is 16.1. The lowest BCUT2D eigenvalue weighted by Crippen LogP contribution is -2.42. The van der Waals surface area contributed by atoms with Crippen molar-refractivity contribution in [2.24, 2.45) is 17.2 Å². The molecular weight excluding hydrogens is 440 g/mol. The molecule has 0 aromatic rings. The summed E-state index contributed by atoms with van der Waals surface area (Å²) >= 11 is 0. The van der Waals surface area contributed by atoms with Crippen molar-refractivity contribution in [3.05, 3.63) is 0 Å². The molecule has 0 heterocycles. The summed E-state index contributed by atoms with van der Waals surface area (Å²) in [5.74, 6) is -0.0161. The van der Waals surface area contributed by atoms with Gasteiger partial charge in [-0.1, -0.05) is 0 Å². The third kappa shape index (κ3) is 21.9. The van der Waals surface area contributed by atoms with Crippen LogP contribution in [0.1, 0.15) is 19.3 Å². The quantitative estimate of drug-likeness (QED) is 0.0595. The molecule has 0 aliphatic carbocycles. The highest BCUT2D eigenvalue weighted by molar-refractivity contribution is 5.76. The van der Waals surface area contributed by atoms with Crippen molar-refractivity contribution in [1.82, 2.24) is 36.8 Å². The second-order valence-electron chi connectivity index (χ2n) is 7.76. The molecule has 34 heavy (non-hydrogen) atoms. The van der Waals surface area contributed by atoms with E-state index in [1.807, 2.05) is 0 Å². The van der Waals surface area contributed by atoms with Crippen LogP contribution in [0.5, 0.6) is 0 Å². The Balaban J connectivity index is 4.14. The van der Waals surface area contributed by atoms with Gasteiger partial charge in [-0.05, 0) is 0 Å². The van der Waals surface area contributed by atoms with E-state index in [4.69, 9.17) is 17.2 Å². The van der Waals surface area contributed by atoms with Crippen LogP contribution in [0.2, 0.25) is 0 Å². The normalized spacial score (nSPS) is 10.9. The second-order valence-corrected chi connectivity index (χ2v) is 7.76. The average molecular weight is 489 g/mol. The molecule has 0 atom stereocenters. The van der Waals surface area contributed by atoms with E-state index in [1.165, 1.54) is 0 Å². The molecule has 0 bridgehead atoms. The Morgan fingerprint density at radius 2 is 0.765 bits per heavy atom. The molecule has 0 saturated carbocycles. The van der Waals surface area contributed by atoms with E-state index in [0.717, 1.165) is 39.3 Å². The summed E-state index contributed by atoms with van der Waals surface area (Å²) < 4.78 is 0. The van der Waals surface area contributed by atoms with Crippen molar-refractivity contribution >= 4 is 17.7 Å². The molecule has 0 aliphatic rings. The maximum Gasteiger partial charge on any atom is 0.221 e. The molecule has 0 radical (unpaired) electrons.